The molecule has 0 saturated heterocycles. The van der Waals surface area contributed by atoms with E-state index in [1.807, 2.05) is 12.2 Å². The average molecular weight is 650 g/mol. The minimum Gasteiger partial charge on any atom is -1.00 e. The van der Waals surface area contributed by atoms with E-state index in [1.54, 1.807) is 0 Å². The second-order valence-electron chi connectivity index (χ2n) is 11.5. The van der Waals surface area contributed by atoms with Crippen LogP contribution in [-0.4, -0.2) is 20.6 Å². The number of hydrogen-bond donors (Lipinski definition) is 0. The van der Waals surface area contributed by atoms with Crippen LogP contribution in [0.15, 0.2) is 58.5 Å². The quantitative estimate of drug-likeness (QED) is 0.245. The largest absolute Gasteiger partial charge is 2.00 e. The SMILES string of the molecule is CC(C)(C)P(C1=CC=C=C1)C(C)(C)C.CC(C)(C)P(C1=CC=C=C1)C(C)(C)C.[Cl-].[Cl-].[Fe].[Pd+2]. The zero-order valence-corrected chi connectivity index (χ0v) is 27.7. The molecule has 2 rings (SSSR count). The first-order valence-electron chi connectivity index (χ1n) is 10.3. The summed E-state index contributed by atoms with van der Waals surface area (Å²) in [5, 5.41) is 4.46. The van der Waals surface area contributed by atoms with E-state index in [4.69, 9.17) is 0 Å². The standard InChI is InChI=1S/2C13H21P.2ClH.Fe.Pd/c2*1-12(2,3)14(13(4,5)6)11-9-7-8-10-11;;;;/h2*7,9-10H,1-6H3;2*1H;;/q;;;;;+2/p-2. The maximum absolute atomic E-state index is 3.17. The molecule has 2 aliphatic rings. The van der Waals surface area contributed by atoms with Crippen molar-refractivity contribution in [2.24, 2.45) is 0 Å². The van der Waals surface area contributed by atoms with Gasteiger partial charge >= 0.3 is 20.4 Å². The molecule has 188 valence electrons. The van der Waals surface area contributed by atoms with Crippen molar-refractivity contribution < 1.29 is 62.3 Å². The molecule has 0 aromatic rings. The molecule has 2 aliphatic carbocycles. The zero-order chi connectivity index (χ0) is 22.0. The van der Waals surface area contributed by atoms with E-state index in [-0.39, 0.29) is 78.1 Å². The van der Waals surface area contributed by atoms with Crippen molar-refractivity contribution in [3.05, 3.63) is 58.5 Å². The molecule has 0 amide bonds. The fraction of sp³-hybridized carbons (Fsp3) is 0.615. The number of hydrogen-bond acceptors (Lipinski definition) is 0. The van der Waals surface area contributed by atoms with Crippen LogP contribution in [0, 0.1) is 0 Å². The average Bonchev–Trinajstić information content (AvgIpc) is 3.06. The predicted octanol–water partition coefficient (Wildman–Crippen LogP) is 3.35. The first-order valence-corrected chi connectivity index (χ1v) is 13.0. The molecule has 0 aromatic heterocycles. The van der Waals surface area contributed by atoms with Crippen molar-refractivity contribution in [2.45, 2.75) is 104 Å². The molecular formula is C26H42Cl2FeP2Pd. The topological polar surface area (TPSA) is 0 Å². The van der Waals surface area contributed by atoms with Crippen LogP contribution in [0.3, 0.4) is 0 Å². The smallest absolute Gasteiger partial charge is 1.00 e. The minimum absolute atomic E-state index is 0. The summed E-state index contributed by atoms with van der Waals surface area (Å²) in [7, 11) is -0.264. The first kappa shape index (κ1) is 40.3. The van der Waals surface area contributed by atoms with Gasteiger partial charge < -0.3 is 24.8 Å². The van der Waals surface area contributed by atoms with Crippen LogP contribution in [0.25, 0.3) is 0 Å². The van der Waals surface area contributed by atoms with E-state index >= 15 is 0 Å². The van der Waals surface area contributed by atoms with Gasteiger partial charge in [0, 0.05) is 17.1 Å². The molecule has 0 heterocycles. The summed E-state index contributed by atoms with van der Waals surface area (Å²) >= 11 is 0. The Bertz CT molecular complexity index is 664. The van der Waals surface area contributed by atoms with Crippen LogP contribution < -0.4 is 24.8 Å². The van der Waals surface area contributed by atoms with Gasteiger partial charge in [-0.05, 0) is 67.7 Å². The normalized spacial score (nSPS) is 14.6. The van der Waals surface area contributed by atoms with Gasteiger partial charge in [0.2, 0.25) is 0 Å². The summed E-state index contributed by atoms with van der Waals surface area (Å²) in [5.74, 6) is 0. The van der Waals surface area contributed by atoms with Gasteiger partial charge in [0.15, 0.2) is 0 Å². The van der Waals surface area contributed by atoms with Crippen LogP contribution >= 0.6 is 15.8 Å². The summed E-state index contributed by atoms with van der Waals surface area (Å²) in [6, 6.07) is 0. The Balaban J connectivity index is -0.000000218. The van der Waals surface area contributed by atoms with Crippen molar-refractivity contribution in [1.29, 1.82) is 0 Å². The molecule has 0 fully saturated rings. The van der Waals surface area contributed by atoms with Crippen LogP contribution in [-0.2, 0) is 37.5 Å². The molecular weight excluding hydrogens is 607 g/mol. The molecule has 0 bridgehead atoms. The Labute approximate surface area is 238 Å². The Hall–Kier alpha value is 1.14. The van der Waals surface area contributed by atoms with Gasteiger partial charge in [-0.3, -0.25) is 0 Å². The van der Waals surface area contributed by atoms with E-state index in [0.717, 1.165) is 0 Å². The monoisotopic (exact) mass is 648 g/mol. The third kappa shape index (κ3) is 12.7. The summed E-state index contributed by atoms with van der Waals surface area (Å²) in [4.78, 5) is 0. The molecule has 0 saturated carbocycles. The van der Waals surface area contributed by atoms with E-state index in [9.17, 15) is 0 Å². The third-order valence-corrected chi connectivity index (χ3v) is 11.3. The van der Waals surface area contributed by atoms with Gasteiger partial charge in [0.05, 0.1) is 0 Å². The summed E-state index contributed by atoms with van der Waals surface area (Å²) in [6.45, 7) is 28.1. The van der Waals surface area contributed by atoms with E-state index in [1.165, 1.54) is 10.6 Å². The molecule has 0 aliphatic heterocycles. The van der Waals surface area contributed by atoms with Gasteiger partial charge in [-0.25, -0.2) is 0 Å². The van der Waals surface area contributed by atoms with Gasteiger partial charge in [-0.15, -0.1) is 11.5 Å². The predicted molar refractivity (Wildman–Crippen MR) is 134 cm³/mol. The molecule has 6 heteroatoms. The molecule has 0 atom stereocenters. The summed E-state index contributed by atoms with van der Waals surface area (Å²) in [5.41, 5.74) is 6.34. The van der Waals surface area contributed by atoms with Crippen molar-refractivity contribution in [2.75, 3.05) is 0 Å². The summed E-state index contributed by atoms with van der Waals surface area (Å²) < 4.78 is 0. The fourth-order valence-corrected chi connectivity index (χ4v) is 12.4. The summed E-state index contributed by atoms with van der Waals surface area (Å²) in [6.07, 6.45) is 12.8. The number of rotatable bonds is 2. The van der Waals surface area contributed by atoms with E-state index in [2.05, 4.69) is 119 Å². The number of halogens is 2. The fourth-order valence-electron chi connectivity index (χ4n) is 4.47. The Morgan fingerprint density at radius 2 is 0.750 bits per heavy atom. The molecule has 0 nitrogen and oxygen atoms in total. The maximum atomic E-state index is 3.17. The van der Waals surface area contributed by atoms with Crippen LogP contribution in [0.4, 0.5) is 0 Å². The molecule has 0 N–H and O–H groups in total. The van der Waals surface area contributed by atoms with Gasteiger partial charge in [0.1, 0.15) is 0 Å². The van der Waals surface area contributed by atoms with Crippen LogP contribution in [0.2, 0.25) is 0 Å². The second-order valence-corrected chi connectivity index (χ2v) is 19.2. The molecule has 0 radical (unpaired) electrons. The van der Waals surface area contributed by atoms with Crippen molar-refractivity contribution >= 4 is 15.8 Å². The molecule has 0 spiro atoms. The van der Waals surface area contributed by atoms with E-state index in [0.29, 0.717) is 20.6 Å². The zero-order valence-electron chi connectivity index (χ0n) is 21.8. The number of allylic oxidation sites excluding steroid dienone is 6. The molecule has 0 aromatic carbocycles. The first-order chi connectivity index (χ1) is 12.5. The van der Waals surface area contributed by atoms with E-state index < -0.39 is 0 Å². The Morgan fingerprint density at radius 1 is 0.531 bits per heavy atom. The van der Waals surface area contributed by atoms with Gasteiger partial charge in [-0.1, -0.05) is 98.9 Å². The second kappa shape index (κ2) is 15.3. The van der Waals surface area contributed by atoms with Crippen molar-refractivity contribution in [3.8, 4) is 0 Å². The van der Waals surface area contributed by atoms with Gasteiger partial charge in [-0.2, -0.15) is 0 Å². The minimum atomic E-state index is -0.132. The van der Waals surface area contributed by atoms with Crippen LogP contribution in [0.1, 0.15) is 83.1 Å². The Morgan fingerprint density at radius 3 is 0.875 bits per heavy atom. The molecule has 0 unspecified atom stereocenters. The maximum Gasteiger partial charge on any atom is 2.00 e. The van der Waals surface area contributed by atoms with Crippen LogP contribution in [0.5, 0.6) is 0 Å². The third-order valence-electron chi connectivity index (χ3n) is 4.36. The van der Waals surface area contributed by atoms with Crippen molar-refractivity contribution in [3.63, 3.8) is 0 Å². The van der Waals surface area contributed by atoms with Crippen molar-refractivity contribution in [1.82, 2.24) is 0 Å². The molecule has 32 heavy (non-hydrogen) atoms. The Kier molecular flexibility index (Phi) is 19.3. The van der Waals surface area contributed by atoms with Gasteiger partial charge in [0.25, 0.3) is 0 Å².